The van der Waals surface area contributed by atoms with Crippen molar-refractivity contribution >= 4 is 21.4 Å². The van der Waals surface area contributed by atoms with Crippen molar-refractivity contribution in [2.45, 2.75) is 39.8 Å². The number of rotatable bonds is 5. The van der Waals surface area contributed by atoms with Gasteiger partial charge in [0.1, 0.15) is 0 Å². The van der Waals surface area contributed by atoms with Crippen molar-refractivity contribution in [1.29, 1.82) is 0 Å². The summed E-state index contributed by atoms with van der Waals surface area (Å²) in [6.07, 6.45) is 4.99. The molecule has 0 spiro atoms. The molecule has 2 N–H and O–H groups in total. The molecule has 0 saturated heterocycles. The number of nitrogens with zero attached hydrogens (tertiary/aromatic N) is 2. The van der Waals surface area contributed by atoms with Crippen LogP contribution >= 0.6 is 0 Å². The van der Waals surface area contributed by atoms with Gasteiger partial charge >= 0.3 is 0 Å². The van der Waals surface area contributed by atoms with E-state index in [1.54, 1.807) is 6.07 Å². The first-order valence-electron chi connectivity index (χ1n) is 7.41. The number of benzene rings is 1. The summed E-state index contributed by atoms with van der Waals surface area (Å²) in [5.41, 5.74) is 3.34. The largest absolute Gasteiger partial charge is 0.381 e. The highest BCUT2D eigenvalue weighted by molar-refractivity contribution is 7.92. The molecule has 126 valence electrons. The maximum Gasteiger partial charge on any atom is 0.229 e. The lowest BCUT2D eigenvalue weighted by atomic mass is 10.1. The predicted octanol–water partition coefficient (Wildman–Crippen LogP) is 2.93. The van der Waals surface area contributed by atoms with Gasteiger partial charge in [-0.25, -0.2) is 8.42 Å². The van der Waals surface area contributed by atoms with Crippen LogP contribution in [-0.4, -0.2) is 24.5 Å². The molecule has 2 aromatic rings. The van der Waals surface area contributed by atoms with E-state index in [2.05, 4.69) is 35.9 Å². The molecule has 23 heavy (non-hydrogen) atoms. The molecule has 1 heterocycles. The third kappa shape index (κ3) is 4.99. The summed E-state index contributed by atoms with van der Waals surface area (Å²) < 4.78 is 27.2. The molecule has 0 aliphatic carbocycles. The molecule has 0 radical (unpaired) electrons. The van der Waals surface area contributed by atoms with Gasteiger partial charge < -0.3 is 5.32 Å². The molecule has 0 aliphatic rings. The zero-order chi connectivity index (χ0) is 17.3. The summed E-state index contributed by atoms with van der Waals surface area (Å²) in [6, 6.07) is 5.61. The SMILES string of the molecule is Cc1ccc(NCc2cnn(C(C)(C)C)c2)cc1NS(C)(=O)=O. The van der Waals surface area contributed by atoms with Crippen LogP contribution in [0.15, 0.2) is 30.6 Å². The van der Waals surface area contributed by atoms with Gasteiger partial charge in [-0.2, -0.15) is 5.10 Å². The smallest absolute Gasteiger partial charge is 0.229 e. The molecule has 0 amide bonds. The summed E-state index contributed by atoms with van der Waals surface area (Å²) in [4.78, 5) is 0. The Morgan fingerprint density at radius 1 is 1.26 bits per heavy atom. The van der Waals surface area contributed by atoms with Gasteiger partial charge in [-0.15, -0.1) is 0 Å². The molecule has 6 nitrogen and oxygen atoms in total. The monoisotopic (exact) mass is 336 g/mol. The van der Waals surface area contributed by atoms with E-state index in [4.69, 9.17) is 0 Å². The number of anilines is 2. The first-order valence-corrected chi connectivity index (χ1v) is 9.30. The Morgan fingerprint density at radius 2 is 1.96 bits per heavy atom. The number of aryl methyl sites for hydroxylation is 1. The van der Waals surface area contributed by atoms with Gasteiger partial charge in [-0.05, 0) is 45.4 Å². The number of nitrogens with one attached hydrogen (secondary N) is 2. The maximum atomic E-state index is 11.4. The third-order valence-electron chi connectivity index (χ3n) is 3.35. The molecular weight excluding hydrogens is 312 g/mol. The molecule has 2 rings (SSSR count). The molecule has 0 aliphatic heterocycles. The van der Waals surface area contributed by atoms with Crippen LogP contribution in [0.1, 0.15) is 31.9 Å². The van der Waals surface area contributed by atoms with Crippen LogP contribution < -0.4 is 10.0 Å². The molecule has 1 aromatic carbocycles. The van der Waals surface area contributed by atoms with Gasteiger partial charge in [0, 0.05) is 24.0 Å². The minimum atomic E-state index is -3.29. The fourth-order valence-electron chi connectivity index (χ4n) is 2.06. The van der Waals surface area contributed by atoms with E-state index >= 15 is 0 Å². The second kappa shape index (κ2) is 6.23. The fourth-order valence-corrected chi connectivity index (χ4v) is 2.68. The molecule has 1 aromatic heterocycles. The van der Waals surface area contributed by atoms with Gasteiger partial charge in [-0.1, -0.05) is 6.07 Å². The zero-order valence-electron chi connectivity index (χ0n) is 14.2. The van der Waals surface area contributed by atoms with Crippen LogP contribution in [0.4, 0.5) is 11.4 Å². The molecular formula is C16H24N4O2S. The van der Waals surface area contributed by atoms with Crippen LogP contribution in [0.5, 0.6) is 0 Å². The Balaban J connectivity index is 2.09. The third-order valence-corrected chi connectivity index (χ3v) is 3.94. The van der Waals surface area contributed by atoms with Crippen molar-refractivity contribution in [3.8, 4) is 0 Å². The van der Waals surface area contributed by atoms with Gasteiger partial charge in [-0.3, -0.25) is 9.40 Å². The van der Waals surface area contributed by atoms with Crippen LogP contribution in [0, 0.1) is 6.92 Å². The molecule has 0 fully saturated rings. The van der Waals surface area contributed by atoms with Crippen molar-refractivity contribution < 1.29 is 8.42 Å². The lowest BCUT2D eigenvalue weighted by Gasteiger charge is -2.18. The van der Waals surface area contributed by atoms with Crippen LogP contribution in [0.3, 0.4) is 0 Å². The minimum absolute atomic E-state index is 0.0469. The predicted molar refractivity (Wildman–Crippen MR) is 94.2 cm³/mol. The zero-order valence-corrected chi connectivity index (χ0v) is 15.0. The Kier molecular flexibility index (Phi) is 4.70. The summed E-state index contributed by atoms with van der Waals surface area (Å²) in [7, 11) is -3.29. The van der Waals surface area contributed by atoms with E-state index in [1.165, 1.54) is 0 Å². The maximum absolute atomic E-state index is 11.4. The number of hydrogen-bond acceptors (Lipinski definition) is 4. The topological polar surface area (TPSA) is 76.0 Å². The van der Waals surface area contributed by atoms with Gasteiger partial charge in [0.05, 0.1) is 23.7 Å². The van der Waals surface area contributed by atoms with E-state index in [-0.39, 0.29) is 5.54 Å². The fraction of sp³-hybridized carbons (Fsp3) is 0.438. The van der Waals surface area contributed by atoms with Crippen molar-refractivity contribution in [2.24, 2.45) is 0 Å². The first-order chi connectivity index (χ1) is 10.5. The van der Waals surface area contributed by atoms with Crippen molar-refractivity contribution in [2.75, 3.05) is 16.3 Å². The molecule has 0 saturated carbocycles. The Labute approximate surface area is 138 Å². The normalized spacial score (nSPS) is 12.2. The summed E-state index contributed by atoms with van der Waals surface area (Å²) in [6.45, 7) is 8.78. The molecule has 0 bridgehead atoms. The van der Waals surface area contributed by atoms with Crippen molar-refractivity contribution in [3.05, 3.63) is 41.7 Å². The standard InChI is InChI=1S/C16H24N4O2S/c1-12-6-7-14(8-15(12)19-23(5,21)22)17-9-13-10-18-20(11-13)16(2,3)4/h6-8,10-11,17,19H,9H2,1-5H3. The van der Waals surface area contributed by atoms with Gasteiger partial charge in [0.15, 0.2) is 0 Å². The average Bonchev–Trinajstić information content (AvgIpc) is 2.87. The number of sulfonamides is 1. The number of hydrogen-bond donors (Lipinski definition) is 2. The van der Waals surface area contributed by atoms with E-state index in [0.29, 0.717) is 12.2 Å². The quantitative estimate of drug-likeness (QED) is 0.880. The van der Waals surface area contributed by atoms with Crippen LogP contribution in [0.2, 0.25) is 0 Å². The Bertz CT molecular complexity index is 789. The van der Waals surface area contributed by atoms with Crippen LogP contribution in [-0.2, 0) is 22.1 Å². The first kappa shape index (κ1) is 17.3. The number of aromatic nitrogens is 2. The lowest BCUT2D eigenvalue weighted by molar-refractivity contribution is 0.355. The second-order valence-corrected chi connectivity index (χ2v) is 8.47. The van der Waals surface area contributed by atoms with E-state index in [9.17, 15) is 8.42 Å². The van der Waals surface area contributed by atoms with Gasteiger partial charge in [0.25, 0.3) is 0 Å². The van der Waals surface area contributed by atoms with Crippen molar-refractivity contribution in [1.82, 2.24) is 9.78 Å². The minimum Gasteiger partial charge on any atom is -0.381 e. The lowest BCUT2D eigenvalue weighted by Crippen LogP contribution is -2.21. The summed E-state index contributed by atoms with van der Waals surface area (Å²) in [5, 5.41) is 7.66. The molecule has 7 heteroatoms. The van der Waals surface area contributed by atoms with E-state index in [1.807, 2.05) is 36.1 Å². The molecule has 0 atom stereocenters. The van der Waals surface area contributed by atoms with Gasteiger partial charge in [0.2, 0.25) is 10.0 Å². The Morgan fingerprint density at radius 3 is 2.52 bits per heavy atom. The highest BCUT2D eigenvalue weighted by atomic mass is 32.2. The Hall–Kier alpha value is -2.02. The summed E-state index contributed by atoms with van der Waals surface area (Å²) >= 11 is 0. The highest BCUT2D eigenvalue weighted by Gasteiger charge is 2.13. The average molecular weight is 336 g/mol. The summed E-state index contributed by atoms with van der Waals surface area (Å²) in [5.74, 6) is 0. The highest BCUT2D eigenvalue weighted by Crippen LogP contribution is 2.22. The second-order valence-electron chi connectivity index (χ2n) is 6.72. The van der Waals surface area contributed by atoms with E-state index < -0.39 is 10.0 Å². The molecule has 0 unspecified atom stereocenters. The van der Waals surface area contributed by atoms with Crippen molar-refractivity contribution in [3.63, 3.8) is 0 Å². The van der Waals surface area contributed by atoms with E-state index in [0.717, 1.165) is 23.1 Å². The van der Waals surface area contributed by atoms with Crippen LogP contribution in [0.25, 0.3) is 0 Å².